The summed E-state index contributed by atoms with van der Waals surface area (Å²) >= 11 is 0. The summed E-state index contributed by atoms with van der Waals surface area (Å²) in [4.78, 5) is 27.7. The zero-order chi connectivity index (χ0) is 22.9. The maximum atomic E-state index is 12.2. The maximum Gasteiger partial charge on any atom is 0.331 e. The van der Waals surface area contributed by atoms with Gasteiger partial charge < -0.3 is 24.9 Å². The fourth-order valence-electron chi connectivity index (χ4n) is 8.65. The van der Waals surface area contributed by atoms with Crippen molar-refractivity contribution in [3.05, 3.63) is 21.8 Å². The van der Waals surface area contributed by atoms with Gasteiger partial charge in [-0.1, -0.05) is 6.92 Å². The monoisotopic (exact) mass is 451 g/mol. The number of aliphatic hydroxyl groups excluding tert-OH is 1. The zero-order valence-electron chi connectivity index (χ0n) is 18.5. The molecule has 0 aromatic carbocycles. The molecule has 4 saturated carbocycles. The third-order valence-corrected chi connectivity index (χ3v) is 10.2. The number of nitrogens with zero attached hydrogens (tertiary/aromatic N) is 1. The zero-order valence-corrected chi connectivity index (χ0v) is 18.5. The number of hydrogen-bond acceptors (Lipinski definition) is 8. The molecule has 0 aromatic rings. The van der Waals surface area contributed by atoms with Crippen LogP contribution in [-0.4, -0.2) is 56.9 Å². The first kappa shape index (κ1) is 22.1. The van der Waals surface area contributed by atoms with Crippen LogP contribution in [0.3, 0.4) is 0 Å². The van der Waals surface area contributed by atoms with Crippen LogP contribution in [0.25, 0.3) is 0 Å². The van der Waals surface area contributed by atoms with E-state index in [9.17, 15) is 30.2 Å². The lowest BCUT2D eigenvalue weighted by Gasteiger charge is -2.66. The Morgan fingerprint density at radius 1 is 1.16 bits per heavy atom. The molecule has 4 fully saturated rings. The van der Waals surface area contributed by atoms with Crippen LogP contribution in [0, 0.1) is 38.7 Å². The van der Waals surface area contributed by atoms with Gasteiger partial charge in [0, 0.05) is 23.3 Å². The van der Waals surface area contributed by atoms with E-state index in [1.165, 1.54) is 0 Å². The van der Waals surface area contributed by atoms with Crippen molar-refractivity contribution in [1.82, 2.24) is 0 Å². The summed E-state index contributed by atoms with van der Waals surface area (Å²) in [5, 5.41) is 44.5. The largest absolute Gasteiger partial charge is 0.458 e. The van der Waals surface area contributed by atoms with Crippen molar-refractivity contribution < 1.29 is 34.8 Å². The van der Waals surface area contributed by atoms with Crippen molar-refractivity contribution in [3.8, 4) is 0 Å². The summed E-state index contributed by atoms with van der Waals surface area (Å²) in [7, 11) is 0. The Bertz CT molecular complexity index is 861. The standard InChI is InChI=1S/C23H33NO8/c1-20-6-3-17-18(23(20,28)9-5-16(20)14-10-19(26)31-12-14)4-8-22(27)11-15(25)2-7-21(17,22)13-32-24(29)30/h10,15-18,25,27-28H,2-9,11-13H2,1H3/t15-,16-,17+,18-,20-,21-,22+,23-/m0/s1. The number of aliphatic hydroxyl groups is 3. The van der Waals surface area contributed by atoms with Gasteiger partial charge in [0.2, 0.25) is 0 Å². The van der Waals surface area contributed by atoms with E-state index in [0.29, 0.717) is 44.9 Å². The molecule has 0 saturated heterocycles. The summed E-state index contributed by atoms with van der Waals surface area (Å²) in [6.07, 6.45) is 5.74. The molecule has 8 atom stereocenters. The molecule has 9 nitrogen and oxygen atoms in total. The molecule has 3 N–H and O–H groups in total. The van der Waals surface area contributed by atoms with Gasteiger partial charge in [0.05, 0.1) is 17.3 Å². The van der Waals surface area contributed by atoms with Crippen molar-refractivity contribution >= 4 is 5.97 Å². The first-order valence-electron chi connectivity index (χ1n) is 11.8. The Hall–Kier alpha value is -1.71. The van der Waals surface area contributed by atoms with Crippen molar-refractivity contribution in [2.24, 2.45) is 28.6 Å². The van der Waals surface area contributed by atoms with Crippen LogP contribution in [-0.2, 0) is 14.4 Å². The second kappa shape index (κ2) is 7.14. The van der Waals surface area contributed by atoms with Gasteiger partial charge in [-0.05, 0) is 74.7 Å². The van der Waals surface area contributed by atoms with Crippen molar-refractivity contribution in [3.63, 3.8) is 0 Å². The highest BCUT2D eigenvalue weighted by Crippen LogP contribution is 2.70. The Labute approximate surface area is 186 Å². The van der Waals surface area contributed by atoms with Crippen LogP contribution in [0.1, 0.15) is 64.7 Å². The first-order chi connectivity index (χ1) is 15.0. The van der Waals surface area contributed by atoms with Gasteiger partial charge in [0.25, 0.3) is 5.09 Å². The highest BCUT2D eigenvalue weighted by Gasteiger charge is 2.71. The summed E-state index contributed by atoms with van der Waals surface area (Å²) in [5.41, 5.74) is -2.60. The van der Waals surface area contributed by atoms with E-state index in [1.807, 2.05) is 0 Å². The van der Waals surface area contributed by atoms with E-state index < -0.39 is 33.2 Å². The smallest absolute Gasteiger partial charge is 0.331 e. The van der Waals surface area contributed by atoms with E-state index in [1.54, 1.807) is 6.08 Å². The topological polar surface area (TPSA) is 139 Å². The SMILES string of the molecule is C[C@@]12CC[C@@H]3[C@H](CC[C@@]4(O)C[C@@H](O)CC[C@]34CO[N+](=O)[O-])[C@@]1(O)CC[C@H]2C1=CC(=O)OC1. The van der Waals surface area contributed by atoms with Crippen molar-refractivity contribution in [1.29, 1.82) is 0 Å². The number of carbonyl (C=O) groups excluding carboxylic acids is 1. The number of hydrogen-bond donors (Lipinski definition) is 3. The average molecular weight is 452 g/mol. The molecule has 1 aliphatic heterocycles. The summed E-state index contributed by atoms with van der Waals surface area (Å²) in [6.45, 7) is 2.17. The van der Waals surface area contributed by atoms with Gasteiger partial charge in [0.1, 0.15) is 13.2 Å². The minimum Gasteiger partial charge on any atom is -0.458 e. The molecule has 0 spiro atoms. The molecule has 5 rings (SSSR count). The van der Waals surface area contributed by atoms with Gasteiger partial charge >= 0.3 is 5.97 Å². The lowest BCUT2D eigenvalue weighted by atomic mass is 9.41. The maximum absolute atomic E-state index is 12.2. The van der Waals surface area contributed by atoms with E-state index in [-0.39, 0.29) is 43.4 Å². The molecule has 1 heterocycles. The number of esters is 1. The summed E-state index contributed by atoms with van der Waals surface area (Å²) < 4.78 is 5.16. The van der Waals surface area contributed by atoms with Crippen molar-refractivity contribution in [2.75, 3.05) is 13.2 Å². The molecule has 5 aliphatic rings. The number of fused-ring (bicyclic) bond motifs is 5. The van der Waals surface area contributed by atoms with E-state index >= 15 is 0 Å². The Morgan fingerprint density at radius 3 is 2.59 bits per heavy atom. The number of carbonyl (C=O) groups is 1. The molecular formula is C23H33NO8. The van der Waals surface area contributed by atoms with Crippen LogP contribution in [0.5, 0.6) is 0 Å². The van der Waals surface area contributed by atoms with Crippen LogP contribution in [0.2, 0.25) is 0 Å². The van der Waals surface area contributed by atoms with Gasteiger partial charge in [-0.15, -0.1) is 10.1 Å². The average Bonchev–Trinajstić information content (AvgIpc) is 3.26. The van der Waals surface area contributed by atoms with Crippen LogP contribution in [0.15, 0.2) is 11.6 Å². The molecule has 0 amide bonds. The Kier molecular flexibility index (Phi) is 4.93. The lowest BCUT2D eigenvalue weighted by Crippen LogP contribution is -2.69. The van der Waals surface area contributed by atoms with Crippen LogP contribution < -0.4 is 0 Å². The van der Waals surface area contributed by atoms with Gasteiger partial charge in [-0.2, -0.15) is 0 Å². The molecule has 0 unspecified atom stereocenters. The highest BCUT2D eigenvalue weighted by atomic mass is 16.9. The van der Waals surface area contributed by atoms with Gasteiger partial charge in [0.15, 0.2) is 0 Å². The molecule has 4 aliphatic carbocycles. The lowest BCUT2D eigenvalue weighted by molar-refractivity contribution is -0.762. The van der Waals surface area contributed by atoms with E-state index in [2.05, 4.69) is 6.92 Å². The number of cyclic esters (lactones) is 1. The quantitative estimate of drug-likeness (QED) is 0.335. The van der Waals surface area contributed by atoms with E-state index in [4.69, 9.17) is 9.57 Å². The number of ether oxygens (including phenoxy) is 1. The first-order valence-corrected chi connectivity index (χ1v) is 11.8. The van der Waals surface area contributed by atoms with E-state index in [0.717, 1.165) is 12.0 Å². The molecule has 0 aromatic heterocycles. The third-order valence-electron chi connectivity index (χ3n) is 10.2. The fourth-order valence-corrected chi connectivity index (χ4v) is 8.65. The Balaban J connectivity index is 1.51. The Morgan fingerprint density at radius 2 is 1.91 bits per heavy atom. The van der Waals surface area contributed by atoms with Crippen LogP contribution in [0.4, 0.5) is 0 Å². The summed E-state index contributed by atoms with van der Waals surface area (Å²) in [5.74, 6) is -0.538. The van der Waals surface area contributed by atoms with Gasteiger partial charge in [-0.25, -0.2) is 4.79 Å². The highest BCUT2D eigenvalue weighted by molar-refractivity contribution is 5.85. The second-order valence-corrected chi connectivity index (χ2v) is 11.1. The predicted octanol–water partition coefficient (Wildman–Crippen LogP) is 1.91. The molecular weight excluding hydrogens is 418 g/mol. The van der Waals surface area contributed by atoms with Crippen LogP contribution >= 0.6 is 0 Å². The third kappa shape index (κ3) is 2.83. The molecule has 0 bridgehead atoms. The minimum absolute atomic E-state index is 0.0554. The molecule has 32 heavy (non-hydrogen) atoms. The molecule has 178 valence electrons. The number of rotatable bonds is 4. The minimum atomic E-state index is -1.25. The normalized spacial score (nSPS) is 50.0. The fraction of sp³-hybridized carbons (Fsp3) is 0.870. The molecule has 9 heteroatoms. The predicted molar refractivity (Wildman–Crippen MR) is 110 cm³/mol. The summed E-state index contributed by atoms with van der Waals surface area (Å²) in [6, 6.07) is 0. The molecule has 0 radical (unpaired) electrons. The van der Waals surface area contributed by atoms with Crippen molar-refractivity contribution in [2.45, 2.75) is 82.0 Å². The second-order valence-electron chi connectivity index (χ2n) is 11.1. The van der Waals surface area contributed by atoms with Gasteiger partial charge in [-0.3, -0.25) is 0 Å².